The molecule has 2 aromatic carbocycles. The van der Waals surface area contributed by atoms with Gasteiger partial charge in [-0.3, -0.25) is 4.84 Å². The minimum absolute atomic E-state index is 0.221. The number of rotatable bonds is 6. The number of hydroxylamine groups is 1. The highest BCUT2D eigenvalue weighted by Crippen LogP contribution is 2.28. The van der Waals surface area contributed by atoms with E-state index in [1.54, 1.807) is 18.2 Å². The molecule has 11 heteroatoms. The third-order valence-corrected chi connectivity index (χ3v) is 6.86. The van der Waals surface area contributed by atoms with Gasteiger partial charge in [0.2, 0.25) is 0 Å². The molecular formula is C21H26N4O6S. The van der Waals surface area contributed by atoms with Crippen molar-refractivity contribution in [3.05, 3.63) is 46.9 Å². The fourth-order valence-corrected chi connectivity index (χ4v) is 4.68. The fourth-order valence-electron chi connectivity index (χ4n) is 3.40. The first kappa shape index (κ1) is 24.1. The van der Waals surface area contributed by atoms with Crippen molar-refractivity contribution in [2.75, 3.05) is 25.6 Å². The van der Waals surface area contributed by atoms with Crippen LogP contribution in [-0.4, -0.2) is 68.9 Å². The average Bonchev–Trinajstić information content (AvgIpc) is 2.76. The van der Waals surface area contributed by atoms with Crippen LogP contribution in [-0.2, 0) is 14.9 Å². The van der Waals surface area contributed by atoms with E-state index in [9.17, 15) is 23.9 Å². The van der Waals surface area contributed by atoms with Crippen molar-refractivity contribution < 1.29 is 28.6 Å². The molecule has 0 amide bonds. The molecule has 1 aliphatic heterocycles. The second-order valence-corrected chi connectivity index (χ2v) is 9.39. The summed E-state index contributed by atoms with van der Waals surface area (Å²) in [5.41, 5.74) is 4.05. The Hall–Kier alpha value is -2.56. The van der Waals surface area contributed by atoms with Gasteiger partial charge in [0.25, 0.3) is 10.0 Å². The van der Waals surface area contributed by atoms with Crippen molar-refractivity contribution in [3.63, 3.8) is 0 Å². The zero-order valence-corrected chi connectivity index (χ0v) is 18.7. The van der Waals surface area contributed by atoms with Crippen molar-refractivity contribution in [1.82, 2.24) is 10.2 Å². The van der Waals surface area contributed by atoms with E-state index in [0.717, 1.165) is 16.5 Å². The number of nitrogens with one attached hydrogen (secondary N) is 2. The lowest BCUT2D eigenvalue weighted by Crippen LogP contribution is -2.65. The third-order valence-electron chi connectivity index (χ3n) is 5.36. The van der Waals surface area contributed by atoms with Crippen LogP contribution in [0.4, 0.5) is 5.69 Å². The number of benzene rings is 2. The molecule has 5 N–H and O–H groups in total. The Morgan fingerprint density at radius 2 is 1.84 bits per heavy atom. The molecule has 1 heterocycles. The number of allylic oxidation sites excluding steroid dienone is 2. The van der Waals surface area contributed by atoms with E-state index in [1.165, 1.54) is 6.92 Å². The minimum Gasteiger partial charge on any atom is -0.393 e. The van der Waals surface area contributed by atoms with E-state index >= 15 is 0 Å². The third kappa shape index (κ3) is 4.77. The second-order valence-electron chi connectivity index (χ2n) is 7.74. The number of aliphatic hydroxyl groups excluding tert-OH is 3. The molecule has 10 nitrogen and oxygen atoms in total. The number of hydrogen-bond acceptors (Lipinski definition) is 9. The molecule has 0 unspecified atom stereocenters. The van der Waals surface area contributed by atoms with Crippen molar-refractivity contribution in [1.29, 1.82) is 5.26 Å². The fraction of sp³-hybridized carbons (Fsp3) is 0.381. The maximum atomic E-state index is 12.9. The monoisotopic (exact) mass is 462 g/mol. The maximum Gasteiger partial charge on any atom is 0.252 e. The van der Waals surface area contributed by atoms with Crippen LogP contribution in [0.25, 0.3) is 16.3 Å². The summed E-state index contributed by atoms with van der Waals surface area (Å²) in [4.78, 5) is 6.40. The molecule has 172 valence electrons. The Balaban J connectivity index is 1.92. The van der Waals surface area contributed by atoms with Crippen LogP contribution in [0.15, 0.2) is 41.3 Å². The van der Waals surface area contributed by atoms with E-state index < -0.39 is 46.0 Å². The van der Waals surface area contributed by atoms with Crippen LogP contribution in [0.3, 0.4) is 0 Å². The normalized spacial score (nSPS) is 24.7. The zero-order valence-electron chi connectivity index (χ0n) is 17.8. The summed E-state index contributed by atoms with van der Waals surface area (Å²) in [6.45, 7) is 0.941. The molecule has 4 atom stereocenters. The van der Waals surface area contributed by atoms with E-state index in [0.29, 0.717) is 5.56 Å². The second kappa shape index (κ2) is 9.51. The number of aliphatic hydroxyl groups is 3. The van der Waals surface area contributed by atoms with Crippen LogP contribution in [0.1, 0.15) is 12.5 Å². The van der Waals surface area contributed by atoms with E-state index in [2.05, 4.69) is 10.2 Å². The Morgan fingerprint density at radius 3 is 2.47 bits per heavy atom. The lowest BCUT2D eigenvalue weighted by atomic mass is 10.0. The standard InChI is InChI=1S/C21H26N4O6S/c1-12(13-4-5-15-9-16(25(2)3)7-6-14(15)8-13)18(10-22)32(29,30)24-21-20(28)19(27)17(11-26)31-23-21/h4-9,17,19-21,23-24,26-28H,11H2,1-3H3/b18-12+/t17-,19-,20+,21-/m1/s1. The molecule has 1 aliphatic rings. The number of fused-ring (bicyclic) bond motifs is 1. The summed E-state index contributed by atoms with van der Waals surface area (Å²) in [6, 6.07) is 13.0. The first-order valence-corrected chi connectivity index (χ1v) is 11.3. The van der Waals surface area contributed by atoms with Gasteiger partial charge in [0.15, 0.2) is 4.91 Å². The molecule has 0 aliphatic carbocycles. The van der Waals surface area contributed by atoms with E-state index in [4.69, 9.17) is 9.94 Å². The molecule has 1 saturated heterocycles. The SMILES string of the molecule is C/C(=C(/C#N)S(=O)(=O)N[C@H]1NO[C@H](CO)[C@@H](O)[C@@H]1O)c1ccc2cc(N(C)C)ccc2c1. The van der Waals surface area contributed by atoms with Crippen LogP contribution < -0.4 is 15.1 Å². The molecule has 1 fully saturated rings. The molecule has 0 spiro atoms. The van der Waals surface area contributed by atoms with Crippen LogP contribution >= 0.6 is 0 Å². The highest BCUT2D eigenvalue weighted by atomic mass is 32.2. The molecule has 3 rings (SSSR count). The van der Waals surface area contributed by atoms with Crippen molar-refractivity contribution in [2.24, 2.45) is 0 Å². The smallest absolute Gasteiger partial charge is 0.252 e. The van der Waals surface area contributed by atoms with Gasteiger partial charge in [-0.25, -0.2) is 8.42 Å². The highest BCUT2D eigenvalue weighted by molar-refractivity contribution is 7.93. The predicted molar refractivity (Wildman–Crippen MR) is 119 cm³/mol. The Bertz CT molecular complexity index is 1170. The van der Waals surface area contributed by atoms with Crippen molar-refractivity contribution in [2.45, 2.75) is 31.4 Å². The Kier molecular flexibility index (Phi) is 7.16. The first-order chi connectivity index (χ1) is 15.1. The van der Waals surface area contributed by atoms with E-state index in [1.807, 2.05) is 43.3 Å². The average molecular weight is 463 g/mol. The molecule has 2 aromatic rings. The molecule has 0 bridgehead atoms. The number of nitriles is 1. The number of hydrogen-bond donors (Lipinski definition) is 5. The van der Waals surface area contributed by atoms with Gasteiger partial charge in [0.1, 0.15) is 30.5 Å². The minimum atomic E-state index is -4.39. The summed E-state index contributed by atoms with van der Waals surface area (Å²) in [5, 5.41) is 40.7. The summed E-state index contributed by atoms with van der Waals surface area (Å²) < 4.78 is 27.9. The van der Waals surface area contributed by atoms with Gasteiger partial charge in [0.05, 0.1) is 6.61 Å². The summed E-state index contributed by atoms with van der Waals surface area (Å²) >= 11 is 0. The van der Waals surface area contributed by atoms with Crippen LogP contribution in [0.2, 0.25) is 0 Å². The van der Waals surface area contributed by atoms with Crippen molar-refractivity contribution >= 4 is 32.1 Å². The summed E-state index contributed by atoms with van der Waals surface area (Å²) in [6.07, 6.45) is -5.68. The number of anilines is 1. The maximum absolute atomic E-state index is 12.9. The number of nitrogens with zero attached hydrogens (tertiary/aromatic N) is 2. The quantitative estimate of drug-likeness (QED) is 0.374. The molecule has 0 radical (unpaired) electrons. The Labute approximate surface area is 186 Å². The molecule has 0 saturated carbocycles. The van der Waals surface area contributed by atoms with Gasteiger partial charge in [-0.15, -0.1) is 0 Å². The lowest BCUT2D eigenvalue weighted by Gasteiger charge is -2.37. The van der Waals surface area contributed by atoms with Crippen LogP contribution in [0, 0.1) is 11.3 Å². The molecule has 0 aromatic heterocycles. The van der Waals surface area contributed by atoms with Gasteiger partial charge >= 0.3 is 0 Å². The van der Waals surface area contributed by atoms with Crippen molar-refractivity contribution in [3.8, 4) is 6.07 Å². The van der Waals surface area contributed by atoms with Gasteiger partial charge in [-0.05, 0) is 47.0 Å². The lowest BCUT2D eigenvalue weighted by molar-refractivity contribution is -0.204. The first-order valence-electron chi connectivity index (χ1n) is 9.82. The predicted octanol–water partition coefficient (Wildman–Crippen LogP) is 0.0234. The topological polar surface area (TPSA) is 155 Å². The molecule has 32 heavy (non-hydrogen) atoms. The van der Waals surface area contributed by atoms with E-state index in [-0.39, 0.29) is 5.57 Å². The Morgan fingerprint density at radius 1 is 1.19 bits per heavy atom. The van der Waals surface area contributed by atoms with Crippen LogP contribution in [0.5, 0.6) is 0 Å². The van der Waals surface area contributed by atoms with Gasteiger partial charge in [-0.2, -0.15) is 15.5 Å². The van der Waals surface area contributed by atoms with Gasteiger partial charge in [-0.1, -0.05) is 18.2 Å². The number of sulfonamides is 1. The van der Waals surface area contributed by atoms with Gasteiger partial charge in [0, 0.05) is 19.8 Å². The summed E-state index contributed by atoms with van der Waals surface area (Å²) in [5.74, 6) is 0. The largest absolute Gasteiger partial charge is 0.393 e. The summed E-state index contributed by atoms with van der Waals surface area (Å²) in [7, 11) is -0.513. The van der Waals surface area contributed by atoms with Gasteiger partial charge < -0.3 is 20.2 Å². The molecular weight excluding hydrogens is 436 g/mol. The zero-order chi connectivity index (χ0) is 23.6. The highest BCUT2D eigenvalue weighted by Gasteiger charge is 2.40.